The summed E-state index contributed by atoms with van der Waals surface area (Å²) in [6.07, 6.45) is 5.35. The van der Waals surface area contributed by atoms with Crippen molar-refractivity contribution in [3.63, 3.8) is 0 Å². The maximum absolute atomic E-state index is 12.1. The van der Waals surface area contributed by atoms with Gasteiger partial charge in [-0.15, -0.1) is 0 Å². The molecule has 1 saturated carbocycles. The number of amidine groups is 1. The number of amides is 2. The maximum atomic E-state index is 12.1. The first-order chi connectivity index (χ1) is 12.5. The third-order valence-electron chi connectivity index (χ3n) is 4.11. The number of fused-ring (bicyclic) bond motifs is 1. The lowest BCUT2D eigenvalue weighted by atomic mass is 10.1. The number of primary amides is 1. The average Bonchev–Trinajstić information content (AvgIpc) is 3.36. The van der Waals surface area contributed by atoms with Gasteiger partial charge in [-0.05, 0) is 48.4 Å². The van der Waals surface area contributed by atoms with Crippen molar-refractivity contribution in [3.8, 4) is 5.75 Å². The highest BCUT2D eigenvalue weighted by molar-refractivity contribution is 8.18. The molecule has 2 aliphatic rings. The summed E-state index contributed by atoms with van der Waals surface area (Å²) in [5, 5.41) is 4.10. The number of nitrogens with zero attached hydrogens (tertiary/aromatic N) is 2. The van der Waals surface area contributed by atoms with Crippen LogP contribution in [0, 0.1) is 0 Å². The number of carbonyl (C=O) groups is 2. The number of thioether (sulfide) groups is 1. The molecule has 26 heavy (non-hydrogen) atoms. The van der Waals surface area contributed by atoms with Crippen molar-refractivity contribution >= 4 is 45.7 Å². The minimum atomic E-state index is -0.605. The van der Waals surface area contributed by atoms with E-state index in [-0.39, 0.29) is 11.5 Å². The largest absolute Gasteiger partial charge is 0.495 e. The Hall–Kier alpha value is -2.87. The highest BCUT2D eigenvalue weighted by Crippen LogP contribution is 2.32. The lowest BCUT2D eigenvalue weighted by Crippen LogP contribution is -2.20. The molecule has 0 unspecified atom stereocenters. The molecule has 2 aromatic rings. The fraction of sp³-hybridized carbons (Fsp3) is 0.222. The summed E-state index contributed by atoms with van der Waals surface area (Å²) in [5.41, 5.74) is 7.08. The van der Waals surface area contributed by atoms with E-state index < -0.39 is 5.91 Å². The van der Waals surface area contributed by atoms with Gasteiger partial charge in [-0.3, -0.25) is 19.6 Å². The van der Waals surface area contributed by atoms with Crippen LogP contribution in [0.4, 0.5) is 0 Å². The van der Waals surface area contributed by atoms with E-state index >= 15 is 0 Å². The number of aliphatic imine (C=N–C) groups is 1. The Kier molecular flexibility index (Phi) is 4.12. The van der Waals surface area contributed by atoms with Gasteiger partial charge in [0.1, 0.15) is 11.3 Å². The predicted molar refractivity (Wildman–Crippen MR) is 101 cm³/mol. The van der Waals surface area contributed by atoms with Crippen LogP contribution in [0.25, 0.3) is 17.0 Å². The zero-order chi connectivity index (χ0) is 18.3. The van der Waals surface area contributed by atoms with Gasteiger partial charge in [0.15, 0.2) is 5.17 Å². The number of nitrogens with two attached hydrogens (primary N) is 1. The SMILES string of the molecule is COc1c(C(N)=O)cnc2ccc(/C=C3\SC(=NC4CC4)NC3=O)cc12. The van der Waals surface area contributed by atoms with E-state index in [4.69, 9.17) is 10.5 Å². The minimum absolute atomic E-state index is 0.162. The Morgan fingerprint density at radius 3 is 2.96 bits per heavy atom. The molecule has 1 aliphatic heterocycles. The molecule has 132 valence electrons. The summed E-state index contributed by atoms with van der Waals surface area (Å²) in [6.45, 7) is 0. The summed E-state index contributed by atoms with van der Waals surface area (Å²) in [5.74, 6) is -0.389. The Morgan fingerprint density at radius 2 is 2.27 bits per heavy atom. The number of ether oxygens (including phenoxy) is 1. The third kappa shape index (κ3) is 3.15. The van der Waals surface area contributed by atoms with Gasteiger partial charge in [-0.25, -0.2) is 0 Å². The first kappa shape index (κ1) is 16.6. The first-order valence-corrected chi connectivity index (χ1v) is 8.92. The Morgan fingerprint density at radius 1 is 1.46 bits per heavy atom. The summed E-state index contributed by atoms with van der Waals surface area (Å²) in [7, 11) is 1.48. The number of hydrogen-bond acceptors (Lipinski definition) is 6. The average molecular weight is 368 g/mol. The van der Waals surface area contributed by atoms with Crippen LogP contribution in [-0.4, -0.2) is 35.1 Å². The number of benzene rings is 1. The molecule has 4 rings (SSSR count). The van der Waals surface area contributed by atoms with E-state index in [2.05, 4.69) is 15.3 Å². The van der Waals surface area contributed by atoms with Crippen LogP contribution in [0.5, 0.6) is 5.75 Å². The second-order valence-corrected chi connectivity index (χ2v) is 7.11. The summed E-state index contributed by atoms with van der Waals surface area (Å²) >= 11 is 1.33. The molecule has 2 amide bonds. The zero-order valence-corrected chi connectivity index (χ0v) is 14.8. The molecule has 0 atom stereocenters. The molecule has 1 aromatic heterocycles. The molecular weight excluding hydrogens is 352 g/mol. The van der Waals surface area contributed by atoms with Crippen molar-refractivity contribution in [2.45, 2.75) is 18.9 Å². The van der Waals surface area contributed by atoms with Crippen LogP contribution in [0.2, 0.25) is 0 Å². The van der Waals surface area contributed by atoms with Gasteiger partial charge in [0.25, 0.3) is 11.8 Å². The summed E-state index contributed by atoms with van der Waals surface area (Å²) < 4.78 is 5.37. The van der Waals surface area contributed by atoms with Crippen LogP contribution in [0.15, 0.2) is 34.3 Å². The van der Waals surface area contributed by atoms with E-state index in [9.17, 15) is 9.59 Å². The topological polar surface area (TPSA) is 107 Å². The number of pyridine rings is 1. The number of methoxy groups -OCH3 is 1. The van der Waals surface area contributed by atoms with Gasteiger partial charge in [0, 0.05) is 11.6 Å². The smallest absolute Gasteiger partial charge is 0.264 e. The van der Waals surface area contributed by atoms with Crippen molar-refractivity contribution in [1.82, 2.24) is 10.3 Å². The van der Waals surface area contributed by atoms with Gasteiger partial charge >= 0.3 is 0 Å². The Bertz CT molecular complexity index is 995. The summed E-state index contributed by atoms with van der Waals surface area (Å²) in [4.78, 5) is 33.0. The quantitative estimate of drug-likeness (QED) is 0.804. The van der Waals surface area contributed by atoms with E-state index in [1.54, 1.807) is 6.08 Å². The molecular formula is C18H16N4O3S. The normalized spacial score (nSPS) is 20.0. The van der Waals surface area contributed by atoms with Crippen LogP contribution >= 0.6 is 11.8 Å². The van der Waals surface area contributed by atoms with Crippen molar-refractivity contribution in [2.75, 3.05) is 7.11 Å². The van der Waals surface area contributed by atoms with Crippen molar-refractivity contribution in [1.29, 1.82) is 0 Å². The van der Waals surface area contributed by atoms with Crippen molar-refractivity contribution < 1.29 is 14.3 Å². The monoisotopic (exact) mass is 368 g/mol. The number of rotatable bonds is 4. The highest BCUT2D eigenvalue weighted by atomic mass is 32.2. The standard InChI is InChI=1S/C18H16N4O3S/c1-25-15-11-6-9(2-5-13(11)20-8-12(15)16(19)23)7-14-17(24)22-18(26-14)21-10-3-4-10/h2,5-8,10H,3-4H2,1H3,(H2,19,23)(H,21,22,24)/b14-7-. The molecule has 2 heterocycles. The lowest BCUT2D eigenvalue weighted by molar-refractivity contribution is -0.115. The van der Waals surface area contributed by atoms with E-state index in [0.717, 1.165) is 18.4 Å². The van der Waals surface area contributed by atoms with Crippen LogP contribution < -0.4 is 15.8 Å². The van der Waals surface area contributed by atoms with Gasteiger partial charge < -0.3 is 15.8 Å². The second-order valence-electron chi connectivity index (χ2n) is 6.08. The van der Waals surface area contributed by atoms with E-state index in [1.807, 2.05) is 18.2 Å². The molecule has 1 aromatic carbocycles. The van der Waals surface area contributed by atoms with Gasteiger partial charge in [-0.2, -0.15) is 0 Å². The number of nitrogens with one attached hydrogen (secondary N) is 1. The zero-order valence-electron chi connectivity index (χ0n) is 14.0. The molecule has 0 spiro atoms. The van der Waals surface area contributed by atoms with Gasteiger partial charge in [0.05, 0.1) is 23.6 Å². The number of hydrogen-bond donors (Lipinski definition) is 2. The maximum Gasteiger partial charge on any atom is 0.264 e. The number of aromatic nitrogens is 1. The molecule has 1 aliphatic carbocycles. The van der Waals surface area contributed by atoms with Crippen LogP contribution in [0.3, 0.4) is 0 Å². The van der Waals surface area contributed by atoms with Crippen molar-refractivity contribution in [3.05, 3.63) is 40.4 Å². The van der Waals surface area contributed by atoms with E-state index in [0.29, 0.717) is 32.8 Å². The van der Waals surface area contributed by atoms with Crippen molar-refractivity contribution in [2.24, 2.45) is 10.7 Å². The predicted octanol–water partition coefficient (Wildman–Crippen LogP) is 2.06. The fourth-order valence-corrected chi connectivity index (χ4v) is 3.57. The van der Waals surface area contributed by atoms with Crippen LogP contribution in [-0.2, 0) is 4.79 Å². The van der Waals surface area contributed by atoms with Gasteiger partial charge in [-0.1, -0.05) is 6.07 Å². The molecule has 0 bridgehead atoms. The molecule has 3 N–H and O–H groups in total. The third-order valence-corrected chi connectivity index (χ3v) is 5.03. The fourth-order valence-electron chi connectivity index (χ4n) is 2.68. The number of carbonyl (C=O) groups excluding carboxylic acids is 2. The Labute approximate surface area is 153 Å². The molecule has 0 radical (unpaired) electrons. The van der Waals surface area contributed by atoms with E-state index in [1.165, 1.54) is 25.1 Å². The molecule has 2 fully saturated rings. The molecule has 7 nitrogen and oxygen atoms in total. The minimum Gasteiger partial charge on any atom is -0.495 e. The lowest BCUT2D eigenvalue weighted by Gasteiger charge is -2.09. The van der Waals surface area contributed by atoms with Gasteiger partial charge in [0.2, 0.25) is 0 Å². The second kappa shape index (κ2) is 6.45. The Balaban J connectivity index is 1.73. The van der Waals surface area contributed by atoms with Crippen LogP contribution in [0.1, 0.15) is 28.8 Å². The highest BCUT2D eigenvalue weighted by Gasteiger charge is 2.28. The molecule has 8 heteroatoms. The molecule has 1 saturated heterocycles. The first-order valence-electron chi connectivity index (χ1n) is 8.10. The summed E-state index contributed by atoms with van der Waals surface area (Å²) in [6, 6.07) is 5.84.